The van der Waals surface area contributed by atoms with Crippen LogP contribution in [0.5, 0.6) is 0 Å². The van der Waals surface area contributed by atoms with Crippen molar-refractivity contribution in [2.45, 2.75) is 30.6 Å². The molecule has 0 aliphatic heterocycles. The van der Waals surface area contributed by atoms with Crippen molar-refractivity contribution in [1.29, 1.82) is 0 Å². The van der Waals surface area contributed by atoms with E-state index in [2.05, 4.69) is 10.2 Å². The summed E-state index contributed by atoms with van der Waals surface area (Å²) >= 11 is 5.87. The Morgan fingerprint density at radius 2 is 2.00 bits per heavy atom. The van der Waals surface area contributed by atoms with E-state index in [0.29, 0.717) is 5.56 Å². The number of nitrogens with zero attached hydrogens (tertiary/aromatic N) is 4. The van der Waals surface area contributed by atoms with Crippen LogP contribution in [0, 0.1) is 5.82 Å². The molecule has 29 heavy (non-hydrogen) atoms. The van der Waals surface area contributed by atoms with E-state index in [-0.39, 0.29) is 39.8 Å². The first-order chi connectivity index (χ1) is 13.6. The summed E-state index contributed by atoms with van der Waals surface area (Å²) in [5, 5.41) is 7.23. The summed E-state index contributed by atoms with van der Waals surface area (Å²) in [6.45, 7) is 0.955. The third kappa shape index (κ3) is 4.73. The predicted molar refractivity (Wildman–Crippen MR) is 98.6 cm³/mol. The van der Waals surface area contributed by atoms with E-state index in [1.807, 2.05) is 0 Å². The summed E-state index contributed by atoms with van der Waals surface area (Å²) < 4.78 is 65.7. The average molecular weight is 449 g/mol. The lowest BCUT2D eigenvalue weighted by molar-refractivity contribution is -0.0806. The zero-order valence-corrected chi connectivity index (χ0v) is 16.4. The van der Waals surface area contributed by atoms with Gasteiger partial charge in [0.25, 0.3) is 5.56 Å². The van der Waals surface area contributed by atoms with E-state index in [1.165, 1.54) is 41.9 Å². The van der Waals surface area contributed by atoms with Crippen LogP contribution in [-0.4, -0.2) is 29.6 Å². The molecule has 2 aromatic heterocycles. The molecular formula is C17H13ClF4N4O2S. The Kier molecular flexibility index (Phi) is 5.90. The topological polar surface area (TPSA) is 69.3 Å². The molecule has 3 rings (SSSR count). The average Bonchev–Trinajstić information content (AvgIpc) is 3.05. The number of hydrogen-bond donors (Lipinski definition) is 0. The van der Waals surface area contributed by atoms with Crippen LogP contribution in [0.4, 0.5) is 17.6 Å². The van der Waals surface area contributed by atoms with Crippen molar-refractivity contribution in [3.8, 4) is 0 Å². The molecule has 12 heteroatoms. The second-order valence-electron chi connectivity index (χ2n) is 6.14. The van der Waals surface area contributed by atoms with E-state index in [1.54, 1.807) is 0 Å². The lowest BCUT2D eigenvalue weighted by Gasteiger charge is -2.08. The molecule has 0 spiro atoms. The lowest BCUT2D eigenvalue weighted by Crippen LogP contribution is -2.23. The van der Waals surface area contributed by atoms with Crippen molar-refractivity contribution >= 4 is 28.0 Å². The number of benzene rings is 1. The van der Waals surface area contributed by atoms with Crippen LogP contribution in [0.1, 0.15) is 12.5 Å². The van der Waals surface area contributed by atoms with Crippen molar-refractivity contribution in [3.63, 3.8) is 0 Å². The van der Waals surface area contributed by atoms with Gasteiger partial charge in [0, 0.05) is 25.0 Å². The molecule has 0 bridgehead atoms. The zero-order valence-electron chi connectivity index (χ0n) is 14.8. The first kappa shape index (κ1) is 21.2. The highest BCUT2D eigenvalue weighted by molar-refractivity contribution is 7.84. The highest BCUT2D eigenvalue weighted by Crippen LogP contribution is 2.22. The Labute approximate surface area is 168 Å². The van der Waals surface area contributed by atoms with Crippen LogP contribution in [0.25, 0.3) is 5.65 Å². The first-order valence-corrected chi connectivity index (χ1v) is 9.77. The third-order valence-corrected chi connectivity index (χ3v) is 5.55. The fourth-order valence-corrected chi connectivity index (χ4v) is 4.06. The van der Waals surface area contributed by atoms with Gasteiger partial charge in [-0.25, -0.2) is 4.39 Å². The van der Waals surface area contributed by atoms with Gasteiger partial charge in [-0.1, -0.05) is 23.7 Å². The molecule has 0 amide bonds. The van der Waals surface area contributed by atoms with E-state index in [9.17, 15) is 26.6 Å². The van der Waals surface area contributed by atoms with Crippen LogP contribution >= 0.6 is 11.6 Å². The minimum absolute atomic E-state index is 0.0628. The molecule has 3 aromatic rings. The standard InChI is InChI=1S/C17H13ClF4N4O2S/c1-10(7-17(20,21)22)8-25-5-6-26-14(15(25)27)23-24-16(26)29(28)9-11-3-2-4-12(19)13(11)18/h2-7H,8-9H2,1H3/b10-7+. The Morgan fingerprint density at radius 3 is 2.69 bits per heavy atom. The molecule has 0 aliphatic carbocycles. The molecule has 0 fully saturated rings. The highest BCUT2D eigenvalue weighted by Gasteiger charge is 2.24. The monoisotopic (exact) mass is 448 g/mol. The van der Waals surface area contributed by atoms with Gasteiger partial charge in [0.2, 0.25) is 10.8 Å². The van der Waals surface area contributed by atoms with Gasteiger partial charge in [-0.2, -0.15) is 13.2 Å². The van der Waals surface area contributed by atoms with Crippen LogP contribution in [0.3, 0.4) is 0 Å². The van der Waals surface area contributed by atoms with Gasteiger partial charge in [-0.3, -0.25) is 13.4 Å². The molecular weight excluding hydrogens is 436 g/mol. The lowest BCUT2D eigenvalue weighted by atomic mass is 10.2. The van der Waals surface area contributed by atoms with Gasteiger partial charge in [-0.15, -0.1) is 10.2 Å². The Hall–Kier alpha value is -2.53. The number of fused-ring (bicyclic) bond motifs is 1. The fraction of sp³-hybridized carbons (Fsp3) is 0.235. The number of hydrogen-bond acceptors (Lipinski definition) is 4. The van der Waals surface area contributed by atoms with Crippen molar-refractivity contribution in [2.24, 2.45) is 0 Å². The molecule has 6 nitrogen and oxygen atoms in total. The maximum Gasteiger partial charge on any atom is 0.409 e. The SMILES string of the molecule is C/C(=C\C(F)(F)F)Cn1ccn2c(S(=O)Cc3cccc(F)c3Cl)nnc2c1=O. The molecule has 154 valence electrons. The maximum absolute atomic E-state index is 13.5. The minimum atomic E-state index is -4.49. The van der Waals surface area contributed by atoms with Gasteiger partial charge >= 0.3 is 6.18 Å². The molecule has 0 radical (unpaired) electrons. The number of halogens is 5. The molecule has 1 atom stereocenters. The molecule has 0 saturated carbocycles. The van der Waals surface area contributed by atoms with Gasteiger partial charge in [0.15, 0.2) is 0 Å². The third-order valence-electron chi connectivity index (χ3n) is 3.86. The Morgan fingerprint density at radius 1 is 1.28 bits per heavy atom. The number of allylic oxidation sites excluding steroid dienone is 2. The fourth-order valence-electron chi connectivity index (χ4n) is 2.64. The van der Waals surface area contributed by atoms with E-state index in [4.69, 9.17) is 11.6 Å². The van der Waals surface area contributed by atoms with Crippen molar-refractivity contribution < 1.29 is 21.8 Å². The smallest absolute Gasteiger partial charge is 0.307 e. The van der Waals surface area contributed by atoms with Crippen molar-refractivity contribution in [3.05, 3.63) is 69.0 Å². The zero-order chi connectivity index (χ0) is 21.3. The predicted octanol–water partition coefficient (Wildman–Crippen LogP) is 3.50. The second kappa shape index (κ2) is 8.07. The summed E-state index contributed by atoms with van der Waals surface area (Å²) in [5.41, 5.74) is -0.668. The van der Waals surface area contributed by atoms with E-state index >= 15 is 0 Å². The Balaban J connectivity index is 1.91. The van der Waals surface area contributed by atoms with Gasteiger partial charge < -0.3 is 4.57 Å². The second-order valence-corrected chi connectivity index (χ2v) is 7.87. The van der Waals surface area contributed by atoms with Crippen LogP contribution < -0.4 is 5.56 Å². The molecule has 0 aliphatic rings. The molecule has 1 aromatic carbocycles. The molecule has 0 saturated heterocycles. The molecule has 1 unspecified atom stereocenters. The molecule has 2 heterocycles. The van der Waals surface area contributed by atoms with Crippen LogP contribution in [0.2, 0.25) is 5.02 Å². The van der Waals surface area contributed by atoms with Crippen molar-refractivity contribution in [1.82, 2.24) is 19.2 Å². The summed E-state index contributed by atoms with van der Waals surface area (Å²) in [6.07, 6.45) is -1.80. The van der Waals surface area contributed by atoms with E-state index in [0.717, 1.165) is 4.57 Å². The van der Waals surface area contributed by atoms with E-state index < -0.39 is 28.4 Å². The normalized spacial score (nSPS) is 13.8. The largest absolute Gasteiger partial charge is 0.409 e. The van der Waals surface area contributed by atoms with Gasteiger partial charge in [-0.05, 0) is 24.1 Å². The van der Waals surface area contributed by atoms with Gasteiger partial charge in [0.1, 0.15) is 5.82 Å². The van der Waals surface area contributed by atoms with Gasteiger partial charge in [0.05, 0.1) is 21.6 Å². The summed E-state index contributed by atoms with van der Waals surface area (Å²) in [5.74, 6) is -0.814. The summed E-state index contributed by atoms with van der Waals surface area (Å²) in [7, 11) is -1.81. The number of rotatable bonds is 5. The quantitative estimate of drug-likeness (QED) is 0.442. The highest BCUT2D eigenvalue weighted by atomic mass is 35.5. The Bertz CT molecular complexity index is 1190. The van der Waals surface area contributed by atoms with Crippen molar-refractivity contribution in [2.75, 3.05) is 0 Å². The van der Waals surface area contributed by atoms with Crippen LogP contribution in [-0.2, 0) is 23.1 Å². The summed E-state index contributed by atoms with van der Waals surface area (Å²) in [4.78, 5) is 12.5. The maximum atomic E-state index is 13.5. The first-order valence-electron chi connectivity index (χ1n) is 8.07. The van der Waals surface area contributed by atoms with Crippen LogP contribution in [0.15, 0.2) is 52.2 Å². The number of alkyl halides is 3. The molecule has 0 N–H and O–H groups in total. The minimum Gasteiger partial charge on any atom is -0.307 e. The summed E-state index contributed by atoms with van der Waals surface area (Å²) in [6, 6.07) is 4.10. The number of aromatic nitrogens is 4.